The van der Waals surface area contributed by atoms with E-state index in [0.717, 1.165) is 11.4 Å². The van der Waals surface area contributed by atoms with Crippen molar-refractivity contribution in [2.45, 2.75) is 13.0 Å². The van der Waals surface area contributed by atoms with Gasteiger partial charge in [0.05, 0.1) is 24.3 Å². The number of imidazole rings is 1. The van der Waals surface area contributed by atoms with E-state index in [0.29, 0.717) is 5.56 Å². The number of aromatic amines is 1. The third kappa shape index (κ3) is 3.13. The van der Waals surface area contributed by atoms with Gasteiger partial charge in [-0.1, -0.05) is 0 Å². The van der Waals surface area contributed by atoms with Gasteiger partial charge in [0.1, 0.15) is 0 Å². The highest BCUT2D eigenvalue weighted by atomic mass is 16.1. The Morgan fingerprint density at radius 3 is 2.53 bits per heavy atom. The maximum Gasteiger partial charge on any atom is 0.251 e. The fourth-order valence-electron chi connectivity index (χ4n) is 1.77. The highest BCUT2D eigenvalue weighted by Gasteiger charge is 2.12. The lowest BCUT2D eigenvalue weighted by atomic mass is 10.1. The average Bonchev–Trinajstić information content (AvgIpc) is 2.92. The Morgan fingerprint density at radius 1 is 1.32 bits per heavy atom. The number of benzene rings is 1. The van der Waals surface area contributed by atoms with Gasteiger partial charge in [0, 0.05) is 25.3 Å². The zero-order valence-electron chi connectivity index (χ0n) is 11.3. The molecule has 2 N–H and O–H groups in total. The van der Waals surface area contributed by atoms with Crippen LogP contribution in [0.3, 0.4) is 0 Å². The van der Waals surface area contributed by atoms with Crippen LogP contribution in [0.5, 0.6) is 0 Å². The van der Waals surface area contributed by atoms with Gasteiger partial charge in [-0.3, -0.25) is 4.79 Å². The maximum absolute atomic E-state index is 12.1. The first-order chi connectivity index (χ1) is 9.08. The molecule has 0 saturated carbocycles. The molecule has 2 rings (SSSR count). The van der Waals surface area contributed by atoms with Crippen LogP contribution < -0.4 is 10.2 Å². The van der Waals surface area contributed by atoms with Crippen LogP contribution in [0.25, 0.3) is 0 Å². The summed E-state index contributed by atoms with van der Waals surface area (Å²) in [5.41, 5.74) is 2.60. The molecule has 0 spiro atoms. The van der Waals surface area contributed by atoms with Crippen LogP contribution in [-0.2, 0) is 0 Å². The Hall–Kier alpha value is -2.30. The number of carbonyl (C=O) groups is 1. The Labute approximate surface area is 112 Å². The van der Waals surface area contributed by atoms with Gasteiger partial charge >= 0.3 is 0 Å². The number of anilines is 1. The third-order valence-electron chi connectivity index (χ3n) is 2.98. The number of rotatable bonds is 4. The number of aromatic nitrogens is 2. The molecule has 5 heteroatoms. The molecule has 19 heavy (non-hydrogen) atoms. The van der Waals surface area contributed by atoms with Crippen molar-refractivity contribution in [1.82, 2.24) is 15.3 Å². The van der Waals surface area contributed by atoms with Crippen LogP contribution in [0.1, 0.15) is 29.0 Å². The quantitative estimate of drug-likeness (QED) is 0.881. The SMILES string of the molecule is CC(NC(=O)c1ccc(N(C)C)cc1)c1cnc[nH]1. The van der Waals surface area contributed by atoms with E-state index in [9.17, 15) is 4.79 Å². The summed E-state index contributed by atoms with van der Waals surface area (Å²) in [7, 11) is 3.94. The first-order valence-corrected chi connectivity index (χ1v) is 6.14. The summed E-state index contributed by atoms with van der Waals surface area (Å²) in [6, 6.07) is 7.41. The largest absolute Gasteiger partial charge is 0.378 e. The number of H-pyrrole nitrogens is 1. The summed E-state index contributed by atoms with van der Waals surface area (Å²) in [5.74, 6) is -0.0904. The van der Waals surface area contributed by atoms with Crippen LogP contribution >= 0.6 is 0 Å². The van der Waals surface area contributed by atoms with Gasteiger partial charge in [-0.25, -0.2) is 4.98 Å². The van der Waals surface area contributed by atoms with Crippen molar-refractivity contribution < 1.29 is 4.79 Å². The lowest BCUT2D eigenvalue weighted by Crippen LogP contribution is -2.26. The molecule has 0 bridgehead atoms. The van der Waals surface area contributed by atoms with Gasteiger partial charge in [-0.05, 0) is 31.2 Å². The van der Waals surface area contributed by atoms with Crippen LogP contribution in [0.4, 0.5) is 5.69 Å². The smallest absolute Gasteiger partial charge is 0.251 e. The summed E-state index contributed by atoms with van der Waals surface area (Å²) in [6.07, 6.45) is 3.31. The number of amides is 1. The summed E-state index contributed by atoms with van der Waals surface area (Å²) in [5, 5.41) is 2.92. The molecule has 0 aliphatic rings. The van der Waals surface area contributed by atoms with Crippen LogP contribution in [0, 0.1) is 0 Å². The molecule has 0 aliphatic carbocycles. The molecule has 0 radical (unpaired) electrons. The Bertz CT molecular complexity index is 531. The Balaban J connectivity index is 2.03. The summed E-state index contributed by atoms with van der Waals surface area (Å²) < 4.78 is 0. The van der Waals surface area contributed by atoms with Gasteiger partial charge in [-0.2, -0.15) is 0 Å². The molecule has 0 fully saturated rings. The Kier molecular flexibility index (Phi) is 3.85. The lowest BCUT2D eigenvalue weighted by molar-refractivity contribution is 0.0939. The molecule has 100 valence electrons. The zero-order valence-corrected chi connectivity index (χ0v) is 11.3. The third-order valence-corrected chi connectivity index (χ3v) is 2.98. The predicted molar refractivity (Wildman–Crippen MR) is 75.2 cm³/mol. The maximum atomic E-state index is 12.1. The van der Waals surface area contributed by atoms with E-state index >= 15 is 0 Å². The first-order valence-electron chi connectivity index (χ1n) is 6.14. The molecule has 2 aromatic rings. The van der Waals surface area contributed by atoms with Crippen molar-refractivity contribution in [2.24, 2.45) is 0 Å². The molecule has 5 nitrogen and oxygen atoms in total. The average molecular weight is 258 g/mol. The second-order valence-electron chi connectivity index (χ2n) is 4.64. The zero-order chi connectivity index (χ0) is 13.8. The fourth-order valence-corrected chi connectivity index (χ4v) is 1.77. The highest BCUT2D eigenvalue weighted by Crippen LogP contribution is 2.14. The first kappa shape index (κ1) is 13.1. The summed E-state index contributed by atoms with van der Waals surface area (Å²) in [6.45, 7) is 1.92. The van der Waals surface area contributed by atoms with Crippen molar-refractivity contribution >= 4 is 11.6 Å². The van der Waals surface area contributed by atoms with E-state index < -0.39 is 0 Å². The number of nitrogens with one attached hydrogen (secondary N) is 2. The predicted octanol–water partition coefficient (Wildman–Crippen LogP) is 1.97. The lowest BCUT2D eigenvalue weighted by Gasteiger charge is -2.14. The molecule has 1 aromatic heterocycles. The highest BCUT2D eigenvalue weighted by molar-refractivity contribution is 5.94. The molecule has 1 heterocycles. The molecular formula is C14H18N4O. The minimum Gasteiger partial charge on any atom is -0.378 e. The van der Waals surface area contributed by atoms with Crippen molar-refractivity contribution in [3.05, 3.63) is 48.0 Å². The molecular weight excluding hydrogens is 240 g/mol. The number of carbonyl (C=O) groups excluding carboxylic acids is 1. The molecule has 1 atom stereocenters. The molecule has 1 unspecified atom stereocenters. The minimum absolute atomic E-state index is 0.0904. The molecule has 0 saturated heterocycles. The monoisotopic (exact) mass is 258 g/mol. The van der Waals surface area contributed by atoms with E-state index in [1.165, 1.54) is 0 Å². The van der Waals surface area contributed by atoms with Crippen molar-refractivity contribution in [3.8, 4) is 0 Å². The van der Waals surface area contributed by atoms with Gasteiger partial charge in [0.25, 0.3) is 5.91 Å². The number of hydrogen-bond acceptors (Lipinski definition) is 3. The minimum atomic E-state index is -0.0940. The normalized spacial score (nSPS) is 11.9. The summed E-state index contributed by atoms with van der Waals surface area (Å²) >= 11 is 0. The van der Waals surface area contributed by atoms with E-state index in [1.54, 1.807) is 12.5 Å². The van der Waals surface area contributed by atoms with Crippen LogP contribution in [0.2, 0.25) is 0 Å². The molecule has 0 aliphatic heterocycles. The van der Waals surface area contributed by atoms with Gasteiger partial charge in [0.15, 0.2) is 0 Å². The standard InChI is InChI=1S/C14H18N4O/c1-10(13-8-15-9-16-13)17-14(19)11-4-6-12(7-5-11)18(2)3/h4-10H,1-3H3,(H,15,16)(H,17,19). The van der Waals surface area contributed by atoms with E-state index in [1.807, 2.05) is 50.2 Å². The number of nitrogens with zero attached hydrogens (tertiary/aromatic N) is 2. The second kappa shape index (κ2) is 5.56. The van der Waals surface area contributed by atoms with E-state index in [4.69, 9.17) is 0 Å². The Morgan fingerprint density at radius 2 is 2.00 bits per heavy atom. The fraction of sp³-hybridized carbons (Fsp3) is 0.286. The number of hydrogen-bond donors (Lipinski definition) is 2. The van der Waals surface area contributed by atoms with E-state index in [2.05, 4.69) is 15.3 Å². The van der Waals surface area contributed by atoms with Crippen molar-refractivity contribution in [1.29, 1.82) is 0 Å². The molecule has 1 aromatic carbocycles. The van der Waals surface area contributed by atoms with Crippen molar-refractivity contribution in [3.63, 3.8) is 0 Å². The van der Waals surface area contributed by atoms with Crippen molar-refractivity contribution in [2.75, 3.05) is 19.0 Å². The van der Waals surface area contributed by atoms with E-state index in [-0.39, 0.29) is 11.9 Å². The summed E-state index contributed by atoms with van der Waals surface area (Å²) in [4.78, 5) is 21.0. The van der Waals surface area contributed by atoms with Crippen LogP contribution in [-0.4, -0.2) is 30.0 Å². The topological polar surface area (TPSA) is 61.0 Å². The van der Waals surface area contributed by atoms with Crippen LogP contribution in [0.15, 0.2) is 36.8 Å². The molecule has 1 amide bonds. The van der Waals surface area contributed by atoms with Gasteiger partial charge in [-0.15, -0.1) is 0 Å². The van der Waals surface area contributed by atoms with Gasteiger partial charge in [0.2, 0.25) is 0 Å². The van der Waals surface area contributed by atoms with Gasteiger partial charge < -0.3 is 15.2 Å². The second-order valence-corrected chi connectivity index (χ2v) is 4.64.